The molecule has 1 amide bonds. The summed E-state index contributed by atoms with van der Waals surface area (Å²) < 4.78 is 1.68. The lowest BCUT2D eigenvalue weighted by molar-refractivity contribution is 0.0943. The van der Waals surface area contributed by atoms with Gasteiger partial charge in [0.2, 0.25) is 0 Å². The third-order valence-electron chi connectivity index (χ3n) is 4.19. The first-order valence-electron chi connectivity index (χ1n) is 8.74. The third kappa shape index (κ3) is 3.47. The second kappa shape index (κ2) is 7.44. The molecule has 2 aromatic heterocycles. The van der Waals surface area contributed by atoms with E-state index in [2.05, 4.69) is 10.3 Å². The Morgan fingerprint density at radius 2 is 2.12 bits per heavy atom. The Morgan fingerprint density at radius 1 is 1.31 bits per heavy atom. The van der Waals surface area contributed by atoms with E-state index in [-0.39, 0.29) is 17.5 Å². The number of rotatable bonds is 5. The zero-order valence-electron chi connectivity index (χ0n) is 15.2. The van der Waals surface area contributed by atoms with Crippen molar-refractivity contribution in [3.05, 3.63) is 70.8 Å². The van der Waals surface area contributed by atoms with E-state index in [0.29, 0.717) is 17.6 Å². The van der Waals surface area contributed by atoms with E-state index in [4.69, 9.17) is 0 Å². The van der Waals surface area contributed by atoms with Crippen LogP contribution >= 0.6 is 0 Å². The largest absolute Gasteiger partial charge is 0.357 e. The minimum absolute atomic E-state index is 0.0550. The summed E-state index contributed by atoms with van der Waals surface area (Å²) in [6.45, 7) is 6.30. The van der Waals surface area contributed by atoms with Gasteiger partial charge in [-0.15, -0.1) is 0 Å². The number of allylic oxidation sites excluding steroid dienone is 2. The highest BCUT2D eigenvalue weighted by Gasteiger charge is 2.13. The van der Waals surface area contributed by atoms with Crippen LogP contribution in [0.5, 0.6) is 0 Å². The fourth-order valence-electron chi connectivity index (χ4n) is 2.96. The highest BCUT2D eigenvalue weighted by molar-refractivity contribution is 5.98. The monoisotopic (exact) mass is 349 g/mol. The molecule has 0 aliphatic heterocycles. The molecule has 3 aromatic rings. The zero-order chi connectivity index (χ0) is 18.7. The quantitative estimate of drug-likeness (QED) is 0.690. The molecule has 2 N–H and O–H groups in total. The van der Waals surface area contributed by atoms with E-state index < -0.39 is 0 Å². The molecule has 134 valence electrons. The number of amides is 1. The summed E-state index contributed by atoms with van der Waals surface area (Å²) in [6.07, 6.45) is 7.48. The average molecular weight is 349 g/mol. The second-order valence-electron chi connectivity index (χ2n) is 6.54. The first-order valence-corrected chi connectivity index (χ1v) is 8.74. The summed E-state index contributed by atoms with van der Waals surface area (Å²) in [4.78, 5) is 28.0. The molecule has 2 heterocycles. The van der Waals surface area contributed by atoms with Gasteiger partial charge in [0, 0.05) is 41.5 Å². The lowest BCUT2D eigenvalue weighted by Gasteiger charge is -2.12. The van der Waals surface area contributed by atoms with Crippen LogP contribution < -0.4 is 10.9 Å². The van der Waals surface area contributed by atoms with Crippen LogP contribution in [0.3, 0.4) is 0 Å². The van der Waals surface area contributed by atoms with Gasteiger partial charge in [0.25, 0.3) is 11.5 Å². The molecule has 3 rings (SSSR count). The Morgan fingerprint density at radius 3 is 2.85 bits per heavy atom. The smallest absolute Gasteiger partial charge is 0.275 e. The summed E-state index contributed by atoms with van der Waals surface area (Å²) in [6, 6.07) is 9.45. The van der Waals surface area contributed by atoms with Crippen LogP contribution in [0.2, 0.25) is 0 Å². The Hall–Kier alpha value is -3.08. The molecule has 0 unspecified atom stereocenters. The van der Waals surface area contributed by atoms with Gasteiger partial charge in [-0.25, -0.2) is 0 Å². The van der Waals surface area contributed by atoms with Crippen molar-refractivity contribution in [2.75, 3.05) is 0 Å². The molecule has 0 fully saturated rings. The summed E-state index contributed by atoms with van der Waals surface area (Å²) in [5.74, 6) is -0.102. The molecule has 5 heteroatoms. The van der Waals surface area contributed by atoms with Gasteiger partial charge in [0.05, 0.1) is 0 Å². The molecule has 0 aliphatic rings. The van der Waals surface area contributed by atoms with E-state index in [1.165, 1.54) is 0 Å². The molecule has 0 aliphatic carbocycles. The van der Waals surface area contributed by atoms with Crippen molar-refractivity contribution in [3.8, 4) is 11.1 Å². The van der Waals surface area contributed by atoms with Crippen molar-refractivity contribution in [1.29, 1.82) is 0 Å². The summed E-state index contributed by atoms with van der Waals surface area (Å²) in [5.41, 5.74) is 2.94. The summed E-state index contributed by atoms with van der Waals surface area (Å²) >= 11 is 0. The van der Waals surface area contributed by atoms with Gasteiger partial charge in [0.15, 0.2) is 0 Å². The molecule has 0 spiro atoms. The minimum atomic E-state index is -0.102. The van der Waals surface area contributed by atoms with E-state index in [9.17, 15) is 9.59 Å². The van der Waals surface area contributed by atoms with Gasteiger partial charge in [-0.1, -0.05) is 24.3 Å². The molecule has 26 heavy (non-hydrogen) atoms. The number of hydrogen-bond acceptors (Lipinski definition) is 2. The Labute approximate surface area is 152 Å². The lowest BCUT2D eigenvalue weighted by atomic mass is 10.0. The predicted octanol–water partition coefficient (Wildman–Crippen LogP) is 3.71. The van der Waals surface area contributed by atoms with Crippen LogP contribution in [0, 0.1) is 0 Å². The van der Waals surface area contributed by atoms with Gasteiger partial charge in [0.1, 0.15) is 5.52 Å². The highest BCUT2D eigenvalue weighted by atomic mass is 16.1. The van der Waals surface area contributed by atoms with Crippen molar-refractivity contribution in [2.24, 2.45) is 0 Å². The number of aromatic nitrogens is 2. The molecular weight excluding hydrogens is 326 g/mol. The minimum Gasteiger partial charge on any atom is -0.357 e. The predicted molar refractivity (Wildman–Crippen MR) is 105 cm³/mol. The van der Waals surface area contributed by atoms with Crippen molar-refractivity contribution in [3.63, 3.8) is 0 Å². The number of nitrogens with one attached hydrogen (secondary N) is 2. The standard InChI is InChI=1S/C21H23N3O2/c1-4-5-11-24-13-18(17-9-10-22-19(17)21(24)26)15-7-6-8-16(12-15)20(25)23-14(2)3/h4-10,12-14,22H,11H2,1-3H3,(H,23,25)/b5-4+. The van der Waals surface area contributed by atoms with Crippen molar-refractivity contribution >= 4 is 16.8 Å². The Bertz CT molecular complexity index is 1030. The average Bonchev–Trinajstić information content (AvgIpc) is 3.11. The van der Waals surface area contributed by atoms with E-state index in [1.54, 1.807) is 16.8 Å². The van der Waals surface area contributed by atoms with Crippen LogP contribution in [0.15, 0.2) is 59.7 Å². The number of pyridine rings is 1. The molecule has 0 saturated carbocycles. The van der Waals surface area contributed by atoms with Crippen LogP contribution in [0.1, 0.15) is 31.1 Å². The molecule has 0 atom stereocenters. The molecule has 5 nitrogen and oxygen atoms in total. The lowest BCUT2D eigenvalue weighted by Crippen LogP contribution is -2.30. The van der Waals surface area contributed by atoms with E-state index in [0.717, 1.165) is 16.5 Å². The zero-order valence-corrected chi connectivity index (χ0v) is 15.2. The maximum Gasteiger partial charge on any atom is 0.275 e. The summed E-state index contributed by atoms with van der Waals surface area (Å²) in [7, 11) is 0. The SMILES string of the molecule is C/C=C/Cn1cc(-c2cccc(C(=O)NC(C)C)c2)c2cc[nH]c2c1=O. The normalized spacial score (nSPS) is 11.5. The van der Waals surface area contributed by atoms with Gasteiger partial charge < -0.3 is 14.9 Å². The number of H-pyrrole nitrogens is 1. The number of carbonyl (C=O) groups is 1. The maximum atomic E-state index is 12.6. The van der Waals surface area contributed by atoms with Crippen molar-refractivity contribution in [1.82, 2.24) is 14.9 Å². The first-order chi connectivity index (χ1) is 12.5. The van der Waals surface area contributed by atoms with Crippen molar-refractivity contribution < 1.29 is 4.79 Å². The number of hydrogen-bond donors (Lipinski definition) is 2. The third-order valence-corrected chi connectivity index (χ3v) is 4.19. The molecule has 0 bridgehead atoms. The van der Waals surface area contributed by atoms with Crippen LogP contribution in [-0.2, 0) is 6.54 Å². The maximum absolute atomic E-state index is 12.6. The van der Waals surface area contributed by atoms with Gasteiger partial charge in [-0.3, -0.25) is 9.59 Å². The molecule has 1 aromatic carbocycles. The fourth-order valence-corrected chi connectivity index (χ4v) is 2.96. The number of fused-ring (bicyclic) bond motifs is 1. The number of benzene rings is 1. The molecule has 0 radical (unpaired) electrons. The Balaban J connectivity index is 2.13. The highest BCUT2D eigenvalue weighted by Crippen LogP contribution is 2.27. The van der Waals surface area contributed by atoms with Crippen LogP contribution in [0.25, 0.3) is 22.0 Å². The number of carbonyl (C=O) groups excluding carboxylic acids is 1. The van der Waals surface area contributed by atoms with Crippen LogP contribution in [0.4, 0.5) is 0 Å². The fraction of sp³-hybridized carbons (Fsp3) is 0.238. The second-order valence-corrected chi connectivity index (χ2v) is 6.54. The molecular formula is C21H23N3O2. The first kappa shape index (κ1) is 17.7. The Kier molecular flexibility index (Phi) is 5.07. The van der Waals surface area contributed by atoms with Gasteiger partial charge >= 0.3 is 0 Å². The van der Waals surface area contributed by atoms with E-state index >= 15 is 0 Å². The van der Waals surface area contributed by atoms with Gasteiger partial charge in [-0.05, 0) is 44.5 Å². The number of nitrogens with zero attached hydrogens (tertiary/aromatic N) is 1. The van der Waals surface area contributed by atoms with E-state index in [1.807, 2.05) is 63.4 Å². The van der Waals surface area contributed by atoms with Crippen LogP contribution in [-0.4, -0.2) is 21.5 Å². The van der Waals surface area contributed by atoms with Crippen molar-refractivity contribution in [2.45, 2.75) is 33.4 Å². The molecule has 0 saturated heterocycles. The topological polar surface area (TPSA) is 66.9 Å². The number of aromatic amines is 1. The summed E-state index contributed by atoms with van der Waals surface area (Å²) in [5, 5.41) is 3.76. The van der Waals surface area contributed by atoms with Gasteiger partial charge in [-0.2, -0.15) is 0 Å².